The predicted octanol–water partition coefficient (Wildman–Crippen LogP) is 1.62. The van der Waals surface area contributed by atoms with Gasteiger partial charge >= 0.3 is 0 Å². The van der Waals surface area contributed by atoms with E-state index < -0.39 is 0 Å². The van der Waals surface area contributed by atoms with E-state index >= 15 is 0 Å². The van der Waals surface area contributed by atoms with E-state index in [2.05, 4.69) is 12.1 Å². The predicted molar refractivity (Wildman–Crippen MR) is 54.2 cm³/mol. The maximum absolute atomic E-state index is 8.84. The Labute approximate surface area is 88.2 Å². The average molecular weight is 201 g/mol. The number of hydrogen-bond donors (Lipinski definition) is 0. The number of benzene rings is 1. The first-order valence-corrected chi connectivity index (χ1v) is 5.20. The third kappa shape index (κ3) is 1.18. The second kappa shape index (κ2) is 3.16. The first-order valence-electron chi connectivity index (χ1n) is 5.20. The zero-order chi connectivity index (χ0) is 10.3. The molecule has 0 atom stereocenters. The summed E-state index contributed by atoms with van der Waals surface area (Å²) in [7, 11) is 0. The molecule has 0 radical (unpaired) electrons. The Hall–Kier alpha value is -1.69. The van der Waals surface area contributed by atoms with Gasteiger partial charge in [0.15, 0.2) is 0 Å². The van der Waals surface area contributed by atoms with Crippen molar-refractivity contribution in [2.45, 2.75) is 19.3 Å². The van der Waals surface area contributed by atoms with E-state index in [-0.39, 0.29) is 0 Å². The zero-order valence-electron chi connectivity index (χ0n) is 8.38. The number of ether oxygens (including phenoxy) is 2. The summed E-state index contributed by atoms with van der Waals surface area (Å²) in [5.41, 5.74) is 3.43. The summed E-state index contributed by atoms with van der Waals surface area (Å²) in [6.07, 6.45) is 2.27. The first kappa shape index (κ1) is 8.60. The van der Waals surface area contributed by atoms with Crippen LogP contribution in [-0.2, 0) is 19.3 Å². The van der Waals surface area contributed by atoms with Crippen molar-refractivity contribution in [3.8, 4) is 17.6 Å². The van der Waals surface area contributed by atoms with Crippen molar-refractivity contribution in [3.63, 3.8) is 0 Å². The lowest BCUT2D eigenvalue weighted by Gasteiger charge is -2.09. The Bertz CT molecular complexity index is 427. The van der Waals surface area contributed by atoms with Crippen molar-refractivity contribution < 1.29 is 9.47 Å². The monoisotopic (exact) mass is 201 g/mol. The molecular weight excluding hydrogens is 190 g/mol. The number of fused-ring (bicyclic) bond motifs is 2. The molecule has 76 valence electrons. The average Bonchev–Trinajstić information content (AvgIpc) is 2.84. The molecule has 3 nitrogen and oxygen atoms in total. The van der Waals surface area contributed by atoms with Gasteiger partial charge in [-0.15, -0.1) is 0 Å². The molecule has 1 aromatic carbocycles. The lowest BCUT2D eigenvalue weighted by atomic mass is 9.98. The molecular formula is C12H11NO2. The quantitative estimate of drug-likeness (QED) is 0.693. The fourth-order valence-corrected chi connectivity index (χ4v) is 2.35. The van der Waals surface area contributed by atoms with Gasteiger partial charge < -0.3 is 9.47 Å². The van der Waals surface area contributed by atoms with Gasteiger partial charge in [0.25, 0.3) is 0 Å². The van der Waals surface area contributed by atoms with Gasteiger partial charge in [-0.25, -0.2) is 0 Å². The van der Waals surface area contributed by atoms with Gasteiger partial charge in [-0.1, -0.05) is 0 Å². The minimum absolute atomic E-state index is 0.425. The highest BCUT2D eigenvalue weighted by Crippen LogP contribution is 2.40. The van der Waals surface area contributed by atoms with Crippen molar-refractivity contribution >= 4 is 0 Å². The summed E-state index contributed by atoms with van der Waals surface area (Å²) in [4.78, 5) is 0. The molecule has 0 fully saturated rings. The molecule has 3 rings (SSSR count). The Morgan fingerprint density at radius 3 is 3.00 bits per heavy atom. The third-order valence-corrected chi connectivity index (χ3v) is 3.02. The van der Waals surface area contributed by atoms with Gasteiger partial charge in [-0.05, 0) is 6.07 Å². The summed E-state index contributed by atoms with van der Waals surface area (Å²) in [5, 5.41) is 8.84. The SMILES string of the molecule is N#CCc1c2c(cc3c1OCC3)OCC2. The van der Waals surface area contributed by atoms with Gasteiger partial charge in [0.05, 0.1) is 25.7 Å². The highest BCUT2D eigenvalue weighted by atomic mass is 16.5. The van der Waals surface area contributed by atoms with Gasteiger partial charge in [0.1, 0.15) is 11.5 Å². The van der Waals surface area contributed by atoms with Crippen molar-refractivity contribution in [1.29, 1.82) is 5.26 Å². The number of nitrogens with zero attached hydrogens (tertiary/aromatic N) is 1. The van der Waals surface area contributed by atoms with Gasteiger partial charge in [-0.2, -0.15) is 5.26 Å². The Balaban J connectivity index is 2.21. The second-order valence-corrected chi connectivity index (χ2v) is 3.85. The van der Waals surface area contributed by atoms with E-state index in [9.17, 15) is 0 Å². The summed E-state index contributed by atoms with van der Waals surface area (Å²) in [5.74, 6) is 1.91. The number of rotatable bonds is 1. The fourth-order valence-electron chi connectivity index (χ4n) is 2.35. The Morgan fingerprint density at radius 2 is 2.13 bits per heavy atom. The standard InChI is InChI=1S/C12H11NO2/c13-4-1-10-9-3-6-14-11(9)7-8-2-5-15-12(8)10/h7H,1-3,5-6H2. The van der Waals surface area contributed by atoms with Gasteiger partial charge in [-0.3, -0.25) is 0 Å². The van der Waals surface area contributed by atoms with E-state index in [1.165, 1.54) is 11.1 Å². The van der Waals surface area contributed by atoms with Crippen molar-refractivity contribution in [3.05, 3.63) is 22.8 Å². The molecule has 3 heteroatoms. The smallest absolute Gasteiger partial charge is 0.127 e. The molecule has 2 aliphatic heterocycles. The van der Waals surface area contributed by atoms with Crippen LogP contribution in [0.25, 0.3) is 0 Å². The molecule has 0 unspecified atom stereocenters. The normalized spacial score (nSPS) is 16.2. The van der Waals surface area contributed by atoms with Crippen LogP contribution in [0, 0.1) is 11.3 Å². The number of hydrogen-bond acceptors (Lipinski definition) is 3. The molecule has 2 aliphatic rings. The van der Waals surface area contributed by atoms with E-state index in [1.54, 1.807) is 0 Å². The van der Waals surface area contributed by atoms with Gasteiger partial charge in [0.2, 0.25) is 0 Å². The van der Waals surface area contributed by atoms with Crippen LogP contribution in [0.5, 0.6) is 11.5 Å². The summed E-state index contributed by atoms with van der Waals surface area (Å²) < 4.78 is 11.1. The summed E-state index contributed by atoms with van der Waals surface area (Å²) in [6.45, 7) is 1.47. The van der Waals surface area contributed by atoms with Crippen LogP contribution in [0.15, 0.2) is 6.07 Å². The van der Waals surface area contributed by atoms with Crippen LogP contribution < -0.4 is 9.47 Å². The third-order valence-electron chi connectivity index (χ3n) is 3.02. The lowest BCUT2D eigenvalue weighted by molar-refractivity contribution is 0.353. The highest BCUT2D eigenvalue weighted by molar-refractivity contribution is 5.57. The molecule has 0 amide bonds. The molecule has 0 aliphatic carbocycles. The minimum atomic E-state index is 0.425. The molecule has 0 spiro atoms. The minimum Gasteiger partial charge on any atom is -0.493 e. The van der Waals surface area contributed by atoms with Crippen LogP contribution >= 0.6 is 0 Å². The van der Waals surface area contributed by atoms with E-state index in [0.29, 0.717) is 6.42 Å². The fraction of sp³-hybridized carbons (Fsp3) is 0.417. The zero-order valence-corrected chi connectivity index (χ0v) is 8.38. The molecule has 2 heterocycles. The van der Waals surface area contributed by atoms with Crippen LogP contribution in [0.3, 0.4) is 0 Å². The maximum atomic E-state index is 8.84. The molecule has 0 bridgehead atoms. The molecule has 0 saturated carbocycles. The topological polar surface area (TPSA) is 42.2 Å². The largest absolute Gasteiger partial charge is 0.493 e. The van der Waals surface area contributed by atoms with Crippen molar-refractivity contribution in [1.82, 2.24) is 0 Å². The van der Waals surface area contributed by atoms with Crippen LogP contribution in [0.1, 0.15) is 16.7 Å². The molecule has 1 aromatic rings. The van der Waals surface area contributed by atoms with E-state index in [4.69, 9.17) is 14.7 Å². The Morgan fingerprint density at radius 1 is 1.27 bits per heavy atom. The first-order chi connectivity index (χ1) is 7.40. The Kier molecular flexibility index (Phi) is 1.81. The number of nitriles is 1. The summed E-state index contributed by atoms with van der Waals surface area (Å²) in [6, 6.07) is 4.28. The summed E-state index contributed by atoms with van der Waals surface area (Å²) >= 11 is 0. The van der Waals surface area contributed by atoms with E-state index in [0.717, 1.165) is 43.1 Å². The highest BCUT2D eigenvalue weighted by Gasteiger charge is 2.25. The lowest BCUT2D eigenvalue weighted by Crippen LogP contribution is -1.95. The van der Waals surface area contributed by atoms with Crippen LogP contribution in [0.4, 0.5) is 0 Å². The maximum Gasteiger partial charge on any atom is 0.127 e. The van der Waals surface area contributed by atoms with Crippen LogP contribution in [0.2, 0.25) is 0 Å². The molecule has 0 N–H and O–H groups in total. The second-order valence-electron chi connectivity index (χ2n) is 3.85. The van der Waals surface area contributed by atoms with E-state index in [1.807, 2.05) is 0 Å². The molecule has 0 aromatic heterocycles. The van der Waals surface area contributed by atoms with Crippen molar-refractivity contribution in [2.75, 3.05) is 13.2 Å². The molecule has 0 saturated heterocycles. The van der Waals surface area contributed by atoms with Gasteiger partial charge in [0, 0.05) is 29.5 Å². The van der Waals surface area contributed by atoms with Crippen LogP contribution in [-0.4, -0.2) is 13.2 Å². The van der Waals surface area contributed by atoms with Crippen molar-refractivity contribution in [2.24, 2.45) is 0 Å². The molecule has 15 heavy (non-hydrogen) atoms.